The zero-order valence-corrected chi connectivity index (χ0v) is 11.6. The number of carbonyl (C=O) groups excluding carboxylic acids is 1. The highest BCUT2D eigenvalue weighted by atomic mass is 16.4. The van der Waals surface area contributed by atoms with Crippen LogP contribution in [0.3, 0.4) is 0 Å². The second kappa shape index (κ2) is 5.05. The van der Waals surface area contributed by atoms with E-state index >= 15 is 0 Å². The fraction of sp³-hybridized carbons (Fsp3) is 0.267. The molecule has 0 aliphatic carbocycles. The minimum Gasteiger partial charge on any atom is -0.480 e. The van der Waals surface area contributed by atoms with Crippen molar-refractivity contribution in [2.75, 3.05) is 4.90 Å². The second-order valence-electron chi connectivity index (χ2n) is 5.15. The minimum atomic E-state index is -0.989. The zero-order valence-electron chi connectivity index (χ0n) is 11.6. The van der Waals surface area contributed by atoms with Crippen LogP contribution in [0.25, 0.3) is 0 Å². The summed E-state index contributed by atoms with van der Waals surface area (Å²) in [6.07, 6.45) is 2.33. The van der Waals surface area contributed by atoms with Crippen LogP contribution in [0.15, 0.2) is 36.5 Å². The summed E-state index contributed by atoms with van der Waals surface area (Å²) in [4.78, 5) is 25.0. The van der Waals surface area contributed by atoms with E-state index in [1.807, 2.05) is 31.2 Å². The number of aliphatic carboxylic acids is 1. The summed E-state index contributed by atoms with van der Waals surface area (Å²) in [5.41, 5.74) is 2.31. The van der Waals surface area contributed by atoms with Gasteiger partial charge in [-0.15, -0.1) is 0 Å². The van der Waals surface area contributed by atoms with Crippen molar-refractivity contribution in [3.05, 3.63) is 47.8 Å². The SMILES string of the molecule is CC1Cc2ccccc2N1C(=O)c1ccn(CC(=O)O)n1. The molecule has 3 rings (SSSR count). The van der Waals surface area contributed by atoms with Crippen molar-refractivity contribution in [3.63, 3.8) is 0 Å². The van der Waals surface area contributed by atoms with Crippen LogP contribution in [0, 0.1) is 0 Å². The van der Waals surface area contributed by atoms with Crippen LogP contribution < -0.4 is 4.90 Å². The third-order valence-corrected chi connectivity index (χ3v) is 3.58. The van der Waals surface area contributed by atoms with Crippen molar-refractivity contribution in [1.29, 1.82) is 0 Å². The number of para-hydroxylation sites is 1. The summed E-state index contributed by atoms with van der Waals surface area (Å²) in [6, 6.07) is 9.42. The first-order valence-electron chi connectivity index (χ1n) is 6.73. The van der Waals surface area contributed by atoms with Gasteiger partial charge in [-0.05, 0) is 31.0 Å². The Labute approximate surface area is 121 Å². The van der Waals surface area contributed by atoms with Crippen molar-refractivity contribution >= 4 is 17.6 Å². The number of aromatic nitrogens is 2. The molecule has 0 bridgehead atoms. The van der Waals surface area contributed by atoms with Crippen LogP contribution in [-0.4, -0.2) is 32.8 Å². The predicted molar refractivity (Wildman–Crippen MR) is 76.3 cm³/mol. The van der Waals surface area contributed by atoms with Crippen LogP contribution >= 0.6 is 0 Å². The van der Waals surface area contributed by atoms with Gasteiger partial charge >= 0.3 is 5.97 Å². The van der Waals surface area contributed by atoms with Crippen molar-refractivity contribution < 1.29 is 14.7 Å². The van der Waals surface area contributed by atoms with E-state index in [4.69, 9.17) is 5.11 Å². The lowest BCUT2D eigenvalue weighted by molar-refractivity contribution is -0.137. The molecule has 2 heterocycles. The highest BCUT2D eigenvalue weighted by molar-refractivity contribution is 6.06. The van der Waals surface area contributed by atoms with E-state index in [9.17, 15) is 9.59 Å². The maximum Gasteiger partial charge on any atom is 0.325 e. The molecule has 0 saturated heterocycles. The molecule has 1 aromatic carbocycles. The van der Waals surface area contributed by atoms with Crippen molar-refractivity contribution in [2.45, 2.75) is 25.9 Å². The van der Waals surface area contributed by atoms with Gasteiger partial charge in [0.05, 0.1) is 0 Å². The molecule has 2 aromatic rings. The predicted octanol–water partition coefficient (Wildman–Crippen LogP) is 1.56. The number of anilines is 1. The number of benzene rings is 1. The maximum absolute atomic E-state index is 12.6. The lowest BCUT2D eigenvalue weighted by atomic mass is 10.1. The average Bonchev–Trinajstić information content (AvgIpc) is 3.00. The topological polar surface area (TPSA) is 75.4 Å². The zero-order chi connectivity index (χ0) is 15.0. The molecule has 1 amide bonds. The Morgan fingerprint density at radius 3 is 2.86 bits per heavy atom. The van der Waals surface area contributed by atoms with E-state index in [1.165, 1.54) is 10.9 Å². The Hall–Kier alpha value is -2.63. The number of rotatable bonds is 3. The summed E-state index contributed by atoms with van der Waals surface area (Å²) < 4.78 is 1.25. The third kappa shape index (κ3) is 2.40. The van der Waals surface area contributed by atoms with Gasteiger partial charge in [0.25, 0.3) is 5.91 Å². The lowest BCUT2D eigenvalue weighted by Crippen LogP contribution is -2.36. The van der Waals surface area contributed by atoms with E-state index in [-0.39, 0.29) is 24.2 Å². The third-order valence-electron chi connectivity index (χ3n) is 3.58. The number of carboxylic acids is 1. The number of nitrogens with zero attached hydrogens (tertiary/aromatic N) is 3. The second-order valence-corrected chi connectivity index (χ2v) is 5.15. The molecular formula is C15H15N3O3. The van der Waals surface area contributed by atoms with Gasteiger partial charge in [0.15, 0.2) is 5.69 Å². The number of carbonyl (C=O) groups is 2. The van der Waals surface area contributed by atoms with Crippen molar-refractivity contribution in [3.8, 4) is 0 Å². The number of fused-ring (bicyclic) bond motifs is 1. The molecule has 6 nitrogen and oxygen atoms in total. The fourth-order valence-corrected chi connectivity index (χ4v) is 2.70. The summed E-state index contributed by atoms with van der Waals surface area (Å²) in [5.74, 6) is -1.19. The molecule has 1 aromatic heterocycles. The summed E-state index contributed by atoms with van der Waals surface area (Å²) in [5, 5.41) is 12.8. The molecular weight excluding hydrogens is 270 g/mol. The normalized spacial score (nSPS) is 16.8. The molecule has 1 N–H and O–H groups in total. The monoisotopic (exact) mass is 285 g/mol. The Morgan fingerprint density at radius 1 is 1.33 bits per heavy atom. The van der Waals surface area contributed by atoms with Crippen LogP contribution in [0.1, 0.15) is 23.0 Å². The molecule has 108 valence electrons. The molecule has 21 heavy (non-hydrogen) atoms. The maximum atomic E-state index is 12.6. The molecule has 1 aliphatic rings. The molecule has 1 aliphatic heterocycles. The smallest absolute Gasteiger partial charge is 0.325 e. The Morgan fingerprint density at radius 2 is 2.10 bits per heavy atom. The summed E-state index contributed by atoms with van der Waals surface area (Å²) >= 11 is 0. The first-order chi connectivity index (χ1) is 10.1. The van der Waals surface area contributed by atoms with Gasteiger partial charge in [-0.2, -0.15) is 5.10 Å². The number of carboxylic acid groups (broad SMARTS) is 1. The average molecular weight is 285 g/mol. The first-order valence-corrected chi connectivity index (χ1v) is 6.73. The standard InChI is InChI=1S/C15H15N3O3/c1-10-8-11-4-2-3-5-13(11)18(10)15(21)12-6-7-17(16-12)9-14(19)20/h2-7,10H,8-9H2,1H3,(H,19,20). The molecule has 0 fully saturated rings. The molecule has 6 heteroatoms. The number of hydrogen-bond acceptors (Lipinski definition) is 3. The van der Waals surface area contributed by atoms with E-state index in [0.29, 0.717) is 0 Å². The Balaban J connectivity index is 1.88. The Kier molecular flexibility index (Phi) is 3.21. The van der Waals surface area contributed by atoms with Crippen molar-refractivity contribution in [1.82, 2.24) is 9.78 Å². The van der Waals surface area contributed by atoms with Crippen LogP contribution in [0.4, 0.5) is 5.69 Å². The summed E-state index contributed by atoms with van der Waals surface area (Å²) in [7, 11) is 0. The fourth-order valence-electron chi connectivity index (χ4n) is 2.70. The van der Waals surface area contributed by atoms with Gasteiger partial charge in [0, 0.05) is 17.9 Å². The summed E-state index contributed by atoms with van der Waals surface area (Å²) in [6.45, 7) is 1.74. The van der Waals surface area contributed by atoms with Crippen LogP contribution in [-0.2, 0) is 17.8 Å². The van der Waals surface area contributed by atoms with E-state index in [0.717, 1.165) is 17.7 Å². The largest absolute Gasteiger partial charge is 0.480 e. The lowest BCUT2D eigenvalue weighted by Gasteiger charge is -2.21. The highest BCUT2D eigenvalue weighted by Gasteiger charge is 2.32. The molecule has 1 atom stereocenters. The number of hydrogen-bond donors (Lipinski definition) is 1. The van der Waals surface area contributed by atoms with Crippen molar-refractivity contribution in [2.24, 2.45) is 0 Å². The van der Waals surface area contributed by atoms with Gasteiger partial charge in [-0.1, -0.05) is 18.2 Å². The van der Waals surface area contributed by atoms with Gasteiger partial charge in [0.2, 0.25) is 0 Å². The molecule has 1 unspecified atom stereocenters. The molecule has 0 saturated carbocycles. The van der Waals surface area contributed by atoms with E-state index in [2.05, 4.69) is 5.10 Å². The highest BCUT2D eigenvalue weighted by Crippen LogP contribution is 2.32. The van der Waals surface area contributed by atoms with Crippen LogP contribution in [0.5, 0.6) is 0 Å². The molecule has 0 radical (unpaired) electrons. The quantitative estimate of drug-likeness (QED) is 0.928. The van der Waals surface area contributed by atoms with Crippen LogP contribution in [0.2, 0.25) is 0 Å². The van der Waals surface area contributed by atoms with Gasteiger partial charge in [-0.3, -0.25) is 14.3 Å². The first kappa shape index (κ1) is 13.4. The number of amides is 1. The van der Waals surface area contributed by atoms with Gasteiger partial charge < -0.3 is 10.0 Å². The van der Waals surface area contributed by atoms with E-state index < -0.39 is 5.97 Å². The van der Waals surface area contributed by atoms with Gasteiger partial charge in [0.1, 0.15) is 6.54 Å². The Bertz CT molecular complexity index is 708. The van der Waals surface area contributed by atoms with Gasteiger partial charge in [-0.25, -0.2) is 0 Å². The minimum absolute atomic E-state index is 0.0690. The molecule has 0 spiro atoms. The van der Waals surface area contributed by atoms with E-state index in [1.54, 1.807) is 11.0 Å².